The van der Waals surface area contributed by atoms with E-state index in [0.29, 0.717) is 31.5 Å². The van der Waals surface area contributed by atoms with Crippen LogP contribution in [0.5, 0.6) is 5.88 Å². The van der Waals surface area contributed by atoms with Gasteiger partial charge in [0, 0.05) is 29.7 Å². The van der Waals surface area contributed by atoms with Gasteiger partial charge in [-0.05, 0) is 49.9 Å². The fourth-order valence-corrected chi connectivity index (χ4v) is 3.05. The van der Waals surface area contributed by atoms with E-state index in [9.17, 15) is 9.18 Å². The smallest absolute Gasteiger partial charge is 0.254 e. The van der Waals surface area contributed by atoms with Gasteiger partial charge in [0.15, 0.2) is 0 Å². The van der Waals surface area contributed by atoms with Gasteiger partial charge >= 0.3 is 0 Å². The van der Waals surface area contributed by atoms with Crippen LogP contribution >= 0.6 is 11.6 Å². The van der Waals surface area contributed by atoms with Gasteiger partial charge in [-0.1, -0.05) is 11.6 Å². The first-order chi connectivity index (χ1) is 12.0. The molecule has 0 unspecified atom stereocenters. The second-order valence-electron chi connectivity index (χ2n) is 6.22. The van der Waals surface area contributed by atoms with Crippen LogP contribution in [-0.2, 0) is 0 Å². The predicted octanol–water partition coefficient (Wildman–Crippen LogP) is 3.51. The number of likely N-dealkylation sites (tertiary alicyclic amines) is 1. The summed E-state index contributed by atoms with van der Waals surface area (Å²) in [7, 11) is 0. The first-order valence-corrected chi connectivity index (χ1v) is 8.57. The average molecular weight is 364 g/mol. The Hall–Kier alpha value is -2.21. The molecule has 1 aliphatic rings. The third-order valence-electron chi connectivity index (χ3n) is 4.25. The number of aromatic nitrogens is 2. The molecule has 132 valence electrons. The summed E-state index contributed by atoms with van der Waals surface area (Å²) in [6.45, 7) is 3.64. The van der Waals surface area contributed by atoms with Crippen LogP contribution in [0.3, 0.4) is 0 Å². The van der Waals surface area contributed by atoms with E-state index in [1.807, 2.05) is 13.0 Å². The van der Waals surface area contributed by atoms with Crippen molar-refractivity contribution in [2.75, 3.05) is 19.7 Å². The molecule has 1 saturated heterocycles. The fourth-order valence-electron chi connectivity index (χ4n) is 2.83. The minimum atomic E-state index is -0.502. The summed E-state index contributed by atoms with van der Waals surface area (Å²) >= 11 is 5.83. The molecular weight excluding hydrogens is 345 g/mol. The molecule has 0 aliphatic carbocycles. The van der Waals surface area contributed by atoms with E-state index < -0.39 is 5.82 Å². The number of amides is 1. The maximum Gasteiger partial charge on any atom is 0.254 e. The Morgan fingerprint density at radius 1 is 1.28 bits per heavy atom. The second-order valence-corrected chi connectivity index (χ2v) is 6.65. The van der Waals surface area contributed by atoms with Gasteiger partial charge in [0.25, 0.3) is 5.91 Å². The molecule has 0 spiro atoms. The molecule has 5 nitrogen and oxygen atoms in total. The van der Waals surface area contributed by atoms with Crippen molar-refractivity contribution in [2.24, 2.45) is 5.92 Å². The summed E-state index contributed by atoms with van der Waals surface area (Å²) in [4.78, 5) is 14.2. The molecule has 2 aromatic rings. The highest BCUT2D eigenvalue weighted by molar-refractivity contribution is 6.31. The normalized spacial score (nSPS) is 15.2. The van der Waals surface area contributed by atoms with Gasteiger partial charge in [0.1, 0.15) is 5.82 Å². The van der Waals surface area contributed by atoms with E-state index in [0.717, 1.165) is 18.5 Å². The average Bonchev–Trinajstić information content (AvgIpc) is 2.60. The SMILES string of the molecule is Cc1ccc(OCC2CCN(C(=O)c3cc(F)cc(Cl)c3)CC2)nn1. The summed E-state index contributed by atoms with van der Waals surface area (Å²) in [5, 5.41) is 8.16. The van der Waals surface area contributed by atoms with E-state index in [2.05, 4.69) is 10.2 Å². The number of hydrogen-bond acceptors (Lipinski definition) is 4. The van der Waals surface area contributed by atoms with Crippen molar-refractivity contribution in [3.05, 3.63) is 52.4 Å². The molecule has 1 aromatic carbocycles. The van der Waals surface area contributed by atoms with Crippen LogP contribution < -0.4 is 4.74 Å². The Morgan fingerprint density at radius 2 is 2.04 bits per heavy atom. The summed E-state index contributed by atoms with van der Waals surface area (Å²) in [6.07, 6.45) is 1.65. The molecule has 1 aliphatic heterocycles. The first kappa shape index (κ1) is 17.6. The number of carbonyl (C=O) groups is 1. The predicted molar refractivity (Wildman–Crippen MR) is 92.3 cm³/mol. The third-order valence-corrected chi connectivity index (χ3v) is 4.47. The Bertz CT molecular complexity index is 726. The zero-order valence-corrected chi connectivity index (χ0v) is 14.7. The minimum Gasteiger partial charge on any atom is -0.476 e. The Labute approximate surface area is 150 Å². The Morgan fingerprint density at radius 3 is 2.68 bits per heavy atom. The number of piperidine rings is 1. The lowest BCUT2D eigenvalue weighted by atomic mass is 9.97. The number of ether oxygens (including phenoxy) is 1. The number of hydrogen-bond donors (Lipinski definition) is 0. The molecule has 1 amide bonds. The zero-order valence-electron chi connectivity index (χ0n) is 13.9. The molecule has 1 fully saturated rings. The molecule has 2 heterocycles. The molecule has 0 N–H and O–H groups in total. The van der Waals surface area contributed by atoms with Crippen molar-refractivity contribution < 1.29 is 13.9 Å². The number of benzene rings is 1. The van der Waals surface area contributed by atoms with E-state index in [-0.39, 0.29) is 16.5 Å². The van der Waals surface area contributed by atoms with Crippen LogP contribution in [0.4, 0.5) is 4.39 Å². The summed E-state index contributed by atoms with van der Waals surface area (Å²) in [5.74, 6) is 0.172. The zero-order chi connectivity index (χ0) is 17.8. The molecule has 0 radical (unpaired) electrons. The van der Waals surface area contributed by atoms with Gasteiger partial charge in [0.2, 0.25) is 5.88 Å². The van der Waals surface area contributed by atoms with Gasteiger partial charge in [-0.2, -0.15) is 5.10 Å². The standard InChI is InChI=1S/C18H19ClFN3O2/c1-12-2-3-17(22-21-12)25-11-13-4-6-23(7-5-13)18(24)14-8-15(19)10-16(20)9-14/h2-3,8-10,13H,4-7,11H2,1H3. The molecule has 0 saturated carbocycles. The Balaban J connectivity index is 1.51. The van der Waals surface area contributed by atoms with Crippen LogP contribution in [0, 0.1) is 18.7 Å². The van der Waals surface area contributed by atoms with Crippen LogP contribution in [0.1, 0.15) is 28.9 Å². The van der Waals surface area contributed by atoms with E-state index in [1.54, 1.807) is 11.0 Å². The molecule has 0 bridgehead atoms. The first-order valence-electron chi connectivity index (χ1n) is 8.20. The minimum absolute atomic E-state index is 0.190. The topological polar surface area (TPSA) is 55.3 Å². The molecule has 25 heavy (non-hydrogen) atoms. The number of nitrogens with zero attached hydrogens (tertiary/aromatic N) is 3. The van der Waals surface area contributed by atoms with Crippen molar-refractivity contribution in [1.29, 1.82) is 0 Å². The number of halogens is 2. The van der Waals surface area contributed by atoms with Gasteiger partial charge in [0.05, 0.1) is 12.3 Å². The number of aryl methyl sites for hydroxylation is 1. The third kappa shape index (κ3) is 4.66. The molecule has 7 heteroatoms. The Kier molecular flexibility index (Phi) is 5.48. The van der Waals surface area contributed by atoms with Crippen LogP contribution in [-0.4, -0.2) is 40.7 Å². The highest BCUT2D eigenvalue weighted by atomic mass is 35.5. The van der Waals surface area contributed by atoms with Gasteiger partial charge < -0.3 is 9.64 Å². The summed E-state index contributed by atoms with van der Waals surface area (Å²) in [5.41, 5.74) is 1.13. The maximum atomic E-state index is 13.4. The highest BCUT2D eigenvalue weighted by Crippen LogP contribution is 2.22. The van der Waals surface area contributed by atoms with Gasteiger partial charge in [-0.25, -0.2) is 4.39 Å². The summed E-state index contributed by atoms with van der Waals surface area (Å²) < 4.78 is 19.1. The lowest BCUT2D eigenvalue weighted by Gasteiger charge is -2.31. The van der Waals surface area contributed by atoms with E-state index >= 15 is 0 Å². The van der Waals surface area contributed by atoms with Gasteiger partial charge in [-0.15, -0.1) is 5.10 Å². The fraction of sp³-hybridized carbons (Fsp3) is 0.389. The number of carbonyl (C=O) groups excluding carboxylic acids is 1. The molecule has 1 aromatic heterocycles. The highest BCUT2D eigenvalue weighted by Gasteiger charge is 2.24. The van der Waals surface area contributed by atoms with Crippen molar-refractivity contribution in [2.45, 2.75) is 19.8 Å². The van der Waals surface area contributed by atoms with Crippen LogP contribution in [0.2, 0.25) is 5.02 Å². The monoisotopic (exact) mass is 363 g/mol. The quantitative estimate of drug-likeness (QED) is 0.834. The van der Waals surface area contributed by atoms with Crippen LogP contribution in [0.15, 0.2) is 30.3 Å². The molecule has 3 rings (SSSR count). The van der Waals surface area contributed by atoms with Crippen molar-refractivity contribution >= 4 is 17.5 Å². The van der Waals surface area contributed by atoms with E-state index in [1.165, 1.54) is 18.2 Å². The molecular formula is C18H19ClFN3O2. The number of rotatable bonds is 4. The lowest BCUT2D eigenvalue weighted by molar-refractivity contribution is 0.0658. The van der Waals surface area contributed by atoms with Crippen molar-refractivity contribution in [3.8, 4) is 5.88 Å². The second kappa shape index (κ2) is 7.78. The van der Waals surface area contributed by atoms with E-state index in [4.69, 9.17) is 16.3 Å². The van der Waals surface area contributed by atoms with Crippen molar-refractivity contribution in [1.82, 2.24) is 15.1 Å². The van der Waals surface area contributed by atoms with Crippen molar-refractivity contribution in [3.63, 3.8) is 0 Å². The summed E-state index contributed by atoms with van der Waals surface area (Å²) in [6, 6.07) is 7.57. The molecule has 0 atom stereocenters. The maximum absolute atomic E-state index is 13.4. The van der Waals surface area contributed by atoms with Gasteiger partial charge in [-0.3, -0.25) is 4.79 Å². The largest absolute Gasteiger partial charge is 0.476 e. The lowest BCUT2D eigenvalue weighted by Crippen LogP contribution is -2.39. The van der Waals surface area contributed by atoms with Crippen LogP contribution in [0.25, 0.3) is 0 Å².